The lowest BCUT2D eigenvalue weighted by molar-refractivity contribution is -0.142. The fraction of sp³-hybridized carbons (Fsp3) is 0.296. The summed E-state index contributed by atoms with van der Waals surface area (Å²) in [6.07, 6.45) is 2.95. The molecule has 2 aromatic heterocycles. The number of nitrogens with one attached hydrogen (secondary N) is 1. The van der Waals surface area contributed by atoms with Crippen LogP contribution < -0.4 is 9.46 Å². The number of aromatic nitrogens is 1. The molecule has 2 heterocycles. The number of rotatable bonds is 10. The molecule has 0 radical (unpaired) electrons. The molecule has 0 fully saturated rings. The van der Waals surface area contributed by atoms with Crippen LogP contribution in [0.5, 0.6) is 5.75 Å². The average molecular weight is 556 g/mol. The van der Waals surface area contributed by atoms with Crippen molar-refractivity contribution in [3.63, 3.8) is 0 Å². The molecule has 0 aliphatic heterocycles. The largest absolute Gasteiger partial charge is 0.489 e. The van der Waals surface area contributed by atoms with E-state index >= 15 is 0 Å². The number of nitrogens with zero attached hydrogens (tertiary/aromatic N) is 2. The van der Waals surface area contributed by atoms with Crippen LogP contribution in [0.25, 0.3) is 21.5 Å². The van der Waals surface area contributed by atoms with Crippen LogP contribution in [0.4, 0.5) is 0 Å². The van der Waals surface area contributed by atoms with Gasteiger partial charge in [0.25, 0.3) is 0 Å². The van der Waals surface area contributed by atoms with Crippen LogP contribution in [0.3, 0.4) is 0 Å². The maximum atomic E-state index is 12.2. The van der Waals surface area contributed by atoms with E-state index in [9.17, 15) is 13.2 Å². The van der Waals surface area contributed by atoms with Crippen LogP contribution in [0.1, 0.15) is 44.5 Å². The first kappa shape index (κ1) is 27.5. The Labute approximate surface area is 225 Å². The van der Waals surface area contributed by atoms with Crippen LogP contribution in [0.2, 0.25) is 0 Å². The molecular weight excluding hydrogens is 526 g/mol. The van der Waals surface area contributed by atoms with Gasteiger partial charge in [-0.05, 0) is 57.5 Å². The molecule has 0 unspecified atom stereocenters. The topological polar surface area (TPSA) is 120 Å². The molecule has 200 valence electrons. The van der Waals surface area contributed by atoms with Crippen LogP contribution in [-0.4, -0.2) is 37.7 Å². The van der Waals surface area contributed by atoms with Crippen molar-refractivity contribution in [3.8, 4) is 16.3 Å². The fourth-order valence-corrected chi connectivity index (χ4v) is 5.57. The molecule has 0 saturated carbocycles. The summed E-state index contributed by atoms with van der Waals surface area (Å²) in [7, 11) is -3.85. The molecule has 4 aromatic rings. The quantitative estimate of drug-likeness (QED) is 0.208. The lowest BCUT2D eigenvalue weighted by Gasteiger charge is -2.17. The highest BCUT2D eigenvalue weighted by molar-refractivity contribution is 7.88. The van der Waals surface area contributed by atoms with Gasteiger partial charge in [-0.2, -0.15) is 17.5 Å². The third-order valence-electron chi connectivity index (χ3n) is 5.13. The summed E-state index contributed by atoms with van der Waals surface area (Å²) in [5.41, 5.74) is 2.81. The van der Waals surface area contributed by atoms with Gasteiger partial charge in [0.05, 0.1) is 36.8 Å². The maximum Gasteiger partial charge on any atom is 0.320 e. The van der Waals surface area contributed by atoms with E-state index in [1.54, 1.807) is 39.3 Å². The molecular formula is C27H29N3O6S2. The van der Waals surface area contributed by atoms with Gasteiger partial charge in [-0.15, -0.1) is 11.3 Å². The number of thiazole rings is 1. The van der Waals surface area contributed by atoms with Gasteiger partial charge in [0.1, 0.15) is 22.9 Å². The number of benzene rings is 2. The minimum atomic E-state index is -3.85. The number of hydrogen-bond acceptors (Lipinski definition) is 8. The second-order valence-corrected chi connectivity index (χ2v) is 11.7. The summed E-state index contributed by atoms with van der Waals surface area (Å²) >= 11 is 1.35. The summed E-state index contributed by atoms with van der Waals surface area (Å²) in [5, 5.41) is 3.26. The standard InChI is InChI=1S/C27H29N3O6S2/c1-5-34-24(31)14-19-8-6-7-9-23(19)36-16-18-12-20-10-11-35-25(20)22(13-18)26-29-21(17-37-26)15-28-38(32,33)30-27(2,3)4/h6-13,15,17,30H,5,14,16H2,1-4H3. The van der Waals surface area contributed by atoms with Crippen molar-refractivity contribution in [2.24, 2.45) is 4.40 Å². The zero-order valence-electron chi connectivity index (χ0n) is 21.6. The predicted molar refractivity (Wildman–Crippen MR) is 148 cm³/mol. The van der Waals surface area contributed by atoms with Crippen molar-refractivity contribution in [3.05, 3.63) is 70.9 Å². The van der Waals surface area contributed by atoms with Gasteiger partial charge in [-0.25, -0.2) is 4.98 Å². The van der Waals surface area contributed by atoms with Crippen molar-refractivity contribution in [2.75, 3.05) is 6.61 Å². The number of ether oxygens (including phenoxy) is 2. The Balaban J connectivity index is 1.56. The van der Waals surface area contributed by atoms with Crippen LogP contribution in [-0.2, 0) is 32.8 Å². The monoisotopic (exact) mass is 555 g/mol. The van der Waals surface area contributed by atoms with E-state index in [4.69, 9.17) is 13.9 Å². The Kier molecular flexibility index (Phi) is 8.29. The highest BCUT2D eigenvalue weighted by Crippen LogP contribution is 2.33. The van der Waals surface area contributed by atoms with E-state index in [2.05, 4.69) is 14.1 Å². The summed E-state index contributed by atoms with van der Waals surface area (Å²) in [6, 6.07) is 13.1. The minimum Gasteiger partial charge on any atom is -0.489 e. The number of hydrogen-bond donors (Lipinski definition) is 1. The highest BCUT2D eigenvalue weighted by Gasteiger charge is 2.19. The normalized spacial score (nSPS) is 12.3. The van der Waals surface area contributed by atoms with Crippen LogP contribution >= 0.6 is 11.3 Å². The SMILES string of the molecule is CCOC(=O)Cc1ccccc1OCc1cc(-c2nc(C=NS(=O)(=O)NC(C)(C)C)cs2)c2occc2c1. The van der Waals surface area contributed by atoms with Gasteiger partial charge in [-0.1, -0.05) is 18.2 Å². The first-order chi connectivity index (χ1) is 18.0. The third-order valence-corrected chi connectivity index (χ3v) is 7.28. The van der Waals surface area contributed by atoms with Gasteiger partial charge in [0, 0.05) is 21.9 Å². The number of esters is 1. The summed E-state index contributed by atoms with van der Waals surface area (Å²) in [5.74, 6) is 0.294. The Morgan fingerprint density at radius 2 is 2.00 bits per heavy atom. The number of furan rings is 1. The van der Waals surface area contributed by atoms with Crippen molar-refractivity contribution in [2.45, 2.75) is 46.3 Å². The number of carbonyl (C=O) groups is 1. The fourth-order valence-electron chi connectivity index (χ4n) is 3.71. The smallest absolute Gasteiger partial charge is 0.320 e. The average Bonchev–Trinajstić information content (AvgIpc) is 3.50. The minimum absolute atomic E-state index is 0.125. The summed E-state index contributed by atoms with van der Waals surface area (Å²) in [6.45, 7) is 7.57. The molecule has 0 atom stereocenters. The molecule has 0 saturated heterocycles. The molecule has 4 rings (SSSR count). The molecule has 0 aliphatic carbocycles. The third kappa shape index (κ3) is 7.27. The van der Waals surface area contributed by atoms with Crippen LogP contribution in [0.15, 0.2) is 62.9 Å². The zero-order valence-corrected chi connectivity index (χ0v) is 23.2. The lowest BCUT2D eigenvalue weighted by atomic mass is 10.1. The van der Waals surface area contributed by atoms with E-state index in [0.717, 1.165) is 22.1 Å². The zero-order chi connectivity index (χ0) is 27.3. The van der Waals surface area contributed by atoms with Gasteiger partial charge >= 0.3 is 16.2 Å². The van der Waals surface area contributed by atoms with Gasteiger partial charge in [0.2, 0.25) is 0 Å². The van der Waals surface area contributed by atoms with E-state index < -0.39 is 15.7 Å². The van der Waals surface area contributed by atoms with Crippen molar-refractivity contribution in [1.29, 1.82) is 0 Å². The number of carbonyl (C=O) groups excluding carboxylic acids is 1. The summed E-state index contributed by atoms with van der Waals surface area (Å²) < 4.78 is 47.4. The Morgan fingerprint density at radius 3 is 2.76 bits per heavy atom. The maximum absolute atomic E-state index is 12.2. The van der Waals surface area contributed by atoms with E-state index in [-0.39, 0.29) is 19.0 Å². The molecule has 1 N–H and O–H groups in total. The molecule has 38 heavy (non-hydrogen) atoms. The number of fused-ring (bicyclic) bond motifs is 1. The van der Waals surface area contributed by atoms with Crippen LogP contribution in [0, 0.1) is 0 Å². The highest BCUT2D eigenvalue weighted by atomic mass is 32.2. The number of para-hydroxylation sites is 1. The summed E-state index contributed by atoms with van der Waals surface area (Å²) in [4.78, 5) is 16.5. The molecule has 0 aliphatic rings. The van der Waals surface area contributed by atoms with Gasteiger partial charge in [-0.3, -0.25) is 4.79 Å². The van der Waals surface area contributed by atoms with Crippen molar-refractivity contribution < 1.29 is 27.1 Å². The second kappa shape index (κ2) is 11.5. The molecule has 11 heteroatoms. The Hall–Kier alpha value is -3.54. The Bertz CT molecular complexity index is 1560. The lowest BCUT2D eigenvalue weighted by Crippen LogP contribution is -2.39. The first-order valence-corrected chi connectivity index (χ1v) is 14.3. The van der Waals surface area contributed by atoms with Crippen molar-refractivity contribution >= 4 is 44.7 Å². The Morgan fingerprint density at radius 1 is 1.21 bits per heavy atom. The van der Waals surface area contributed by atoms with E-state index in [0.29, 0.717) is 28.6 Å². The van der Waals surface area contributed by atoms with E-state index in [1.165, 1.54) is 17.6 Å². The second-order valence-electron chi connectivity index (χ2n) is 9.50. The predicted octanol–water partition coefficient (Wildman–Crippen LogP) is 5.29. The van der Waals surface area contributed by atoms with E-state index in [1.807, 2.05) is 42.5 Å². The molecule has 0 bridgehead atoms. The van der Waals surface area contributed by atoms with Crippen molar-refractivity contribution in [1.82, 2.24) is 9.71 Å². The molecule has 0 spiro atoms. The first-order valence-electron chi connectivity index (χ1n) is 11.9. The molecule has 9 nitrogen and oxygen atoms in total. The molecule has 2 aromatic carbocycles. The van der Waals surface area contributed by atoms with Gasteiger partial charge in [0.15, 0.2) is 0 Å². The van der Waals surface area contributed by atoms with Gasteiger partial charge < -0.3 is 13.9 Å². The molecule has 0 amide bonds.